The number of carbonyl (C=O) groups is 2. The molecule has 25 heavy (non-hydrogen) atoms. The lowest BCUT2D eigenvalue weighted by molar-refractivity contribution is -0.156. The molecule has 0 spiro atoms. The van der Waals surface area contributed by atoms with Gasteiger partial charge >= 0.3 is 5.97 Å². The molecule has 5 N–H and O–H groups in total. The number of carbonyl (C=O) groups excluding carboxylic acids is 2. The van der Waals surface area contributed by atoms with Crippen LogP contribution in [0.25, 0.3) is 0 Å². The average Bonchev–Trinajstić information content (AvgIpc) is 2.42. The van der Waals surface area contributed by atoms with Crippen LogP contribution < -0.4 is 15.8 Å². The zero-order valence-electron chi connectivity index (χ0n) is 14.5. The summed E-state index contributed by atoms with van der Waals surface area (Å²) in [4.78, 5) is 23.4. The molecule has 1 unspecified atom stereocenters. The number of nitrogens with two attached hydrogens (primary N) is 1. The van der Waals surface area contributed by atoms with Gasteiger partial charge in [0.1, 0.15) is 22.3 Å². The monoisotopic (exact) mass is 373 g/mol. The van der Waals surface area contributed by atoms with Crippen LogP contribution in [0.15, 0.2) is 23.1 Å². The Kier molecular flexibility index (Phi) is 6.38. The molecule has 0 radical (unpaired) electrons. The van der Waals surface area contributed by atoms with E-state index in [4.69, 9.17) is 10.5 Å². The smallest absolute Gasteiger partial charge is 0.308 e. The molecule has 140 valence electrons. The second kappa shape index (κ2) is 7.70. The second-order valence-corrected chi connectivity index (χ2v) is 7.99. The summed E-state index contributed by atoms with van der Waals surface area (Å²) < 4.78 is 32.0. The zero-order chi connectivity index (χ0) is 19.4. The van der Waals surface area contributed by atoms with Gasteiger partial charge in [-0.15, -0.1) is 0 Å². The quantitative estimate of drug-likeness (QED) is 0.408. The Morgan fingerprint density at radius 1 is 1.32 bits per heavy atom. The number of nitrogen functional groups attached to an aromatic ring is 1. The summed E-state index contributed by atoms with van der Waals surface area (Å²) in [5.74, 6) is -2.03. The van der Waals surface area contributed by atoms with Gasteiger partial charge in [0.25, 0.3) is 0 Å². The lowest BCUT2D eigenvalue weighted by atomic mass is 10.1. The van der Waals surface area contributed by atoms with Crippen molar-refractivity contribution in [1.29, 1.82) is 0 Å². The van der Waals surface area contributed by atoms with Crippen LogP contribution in [0.5, 0.6) is 5.75 Å². The Hall–Kier alpha value is -2.33. The largest absolute Gasteiger partial charge is 0.506 e. The summed E-state index contributed by atoms with van der Waals surface area (Å²) >= 11 is 0. The fraction of sp³-hybridized carbons (Fsp3) is 0.467. The van der Waals surface area contributed by atoms with E-state index in [9.17, 15) is 23.1 Å². The number of aromatic hydroxyl groups is 1. The Morgan fingerprint density at radius 2 is 1.92 bits per heavy atom. The molecule has 0 aliphatic rings. The minimum Gasteiger partial charge on any atom is -0.506 e. The number of benzene rings is 1. The standard InChI is InChI=1S/C15H23N3O6S/c1-15(2,3)24-13(20)8-10(14(21)17-4)18-25(22,23)12-6-5-9(16)7-11(12)19/h5-7,10,18-19H,8,16H2,1-4H3,(H,17,21). The van der Waals surface area contributed by atoms with Gasteiger partial charge < -0.3 is 20.9 Å². The first-order chi connectivity index (χ1) is 11.4. The van der Waals surface area contributed by atoms with Crippen molar-refractivity contribution >= 4 is 27.6 Å². The fourth-order valence-electron chi connectivity index (χ4n) is 1.92. The number of hydrogen-bond donors (Lipinski definition) is 4. The number of hydrogen-bond acceptors (Lipinski definition) is 7. The molecule has 0 saturated heterocycles. The first-order valence-electron chi connectivity index (χ1n) is 7.40. The highest BCUT2D eigenvalue weighted by Crippen LogP contribution is 2.25. The molecule has 9 nitrogen and oxygen atoms in total. The van der Waals surface area contributed by atoms with Gasteiger partial charge in [0, 0.05) is 18.8 Å². The summed E-state index contributed by atoms with van der Waals surface area (Å²) in [7, 11) is -2.97. The maximum absolute atomic E-state index is 12.4. The van der Waals surface area contributed by atoms with Crippen molar-refractivity contribution in [2.45, 2.75) is 43.7 Å². The van der Waals surface area contributed by atoms with Gasteiger partial charge in [0.2, 0.25) is 15.9 Å². The topological polar surface area (TPSA) is 148 Å². The SMILES string of the molecule is CNC(=O)C(CC(=O)OC(C)(C)C)NS(=O)(=O)c1ccc(N)cc1O. The Labute approximate surface area is 146 Å². The minimum absolute atomic E-state index is 0.174. The molecule has 10 heteroatoms. The predicted octanol–water partition coefficient (Wildman–Crippen LogP) is 0.0991. The molecule has 0 aromatic heterocycles. The molecule has 0 fully saturated rings. The van der Waals surface area contributed by atoms with E-state index in [0.717, 1.165) is 12.1 Å². The zero-order valence-corrected chi connectivity index (χ0v) is 15.3. The Morgan fingerprint density at radius 3 is 2.40 bits per heavy atom. The van der Waals surface area contributed by atoms with Gasteiger partial charge in [-0.2, -0.15) is 4.72 Å². The number of sulfonamides is 1. The summed E-state index contributed by atoms with van der Waals surface area (Å²) in [5, 5.41) is 12.1. The fourth-order valence-corrected chi connectivity index (χ4v) is 3.20. The van der Waals surface area contributed by atoms with Crippen molar-refractivity contribution in [1.82, 2.24) is 10.0 Å². The van der Waals surface area contributed by atoms with Crippen molar-refractivity contribution < 1.29 is 27.9 Å². The third-order valence-electron chi connectivity index (χ3n) is 2.92. The van der Waals surface area contributed by atoms with Gasteiger partial charge in [0.15, 0.2) is 0 Å². The number of phenols is 1. The maximum atomic E-state index is 12.4. The van der Waals surface area contributed by atoms with Gasteiger partial charge in [-0.05, 0) is 32.9 Å². The lowest BCUT2D eigenvalue weighted by Crippen LogP contribution is -2.47. The molecule has 0 saturated carbocycles. The molecule has 1 aromatic rings. The van der Waals surface area contributed by atoms with Crippen molar-refractivity contribution in [2.75, 3.05) is 12.8 Å². The number of amides is 1. The lowest BCUT2D eigenvalue weighted by Gasteiger charge is -2.22. The van der Waals surface area contributed by atoms with Crippen LogP contribution in [0, 0.1) is 0 Å². The molecular weight excluding hydrogens is 350 g/mol. The second-order valence-electron chi connectivity index (χ2n) is 6.31. The van der Waals surface area contributed by atoms with E-state index in [0.29, 0.717) is 0 Å². The number of nitrogens with one attached hydrogen (secondary N) is 2. The maximum Gasteiger partial charge on any atom is 0.308 e. The van der Waals surface area contributed by atoms with E-state index < -0.39 is 50.6 Å². The Bertz CT molecular complexity index is 755. The molecular formula is C15H23N3O6S. The van der Waals surface area contributed by atoms with Crippen molar-refractivity contribution in [3.05, 3.63) is 18.2 Å². The average molecular weight is 373 g/mol. The van der Waals surface area contributed by atoms with Gasteiger partial charge in [-0.25, -0.2) is 8.42 Å². The van der Waals surface area contributed by atoms with Gasteiger partial charge in [-0.1, -0.05) is 0 Å². The number of ether oxygens (including phenoxy) is 1. The van der Waals surface area contributed by atoms with E-state index >= 15 is 0 Å². The number of rotatable bonds is 6. The molecule has 1 rings (SSSR count). The number of anilines is 1. The minimum atomic E-state index is -4.28. The van der Waals surface area contributed by atoms with Gasteiger partial charge in [0.05, 0.1) is 6.42 Å². The highest BCUT2D eigenvalue weighted by atomic mass is 32.2. The number of esters is 1. The molecule has 1 amide bonds. The van der Waals surface area contributed by atoms with Crippen LogP contribution in [0.3, 0.4) is 0 Å². The molecule has 0 aliphatic carbocycles. The first-order valence-corrected chi connectivity index (χ1v) is 8.88. The normalized spacial score (nSPS) is 13.1. The van der Waals surface area contributed by atoms with E-state index in [1.165, 1.54) is 13.1 Å². The third kappa shape index (κ3) is 6.24. The van der Waals surface area contributed by atoms with E-state index in [2.05, 4.69) is 10.0 Å². The summed E-state index contributed by atoms with van der Waals surface area (Å²) in [6.07, 6.45) is -0.508. The van der Waals surface area contributed by atoms with Gasteiger partial charge in [-0.3, -0.25) is 9.59 Å². The van der Waals surface area contributed by atoms with Crippen LogP contribution >= 0.6 is 0 Å². The van der Waals surface area contributed by atoms with E-state index in [1.807, 2.05) is 0 Å². The van der Waals surface area contributed by atoms with Crippen LogP contribution in [-0.4, -0.2) is 44.1 Å². The van der Waals surface area contributed by atoms with Crippen LogP contribution in [0.1, 0.15) is 27.2 Å². The van der Waals surface area contributed by atoms with Crippen LogP contribution in [0.2, 0.25) is 0 Å². The molecule has 1 atom stereocenters. The van der Waals surface area contributed by atoms with Crippen molar-refractivity contribution in [3.63, 3.8) is 0 Å². The molecule has 0 aliphatic heterocycles. The van der Waals surface area contributed by atoms with E-state index in [-0.39, 0.29) is 5.69 Å². The first kappa shape index (κ1) is 20.7. The van der Waals surface area contributed by atoms with Crippen LogP contribution in [-0.2, 0) is 24.3 Å². The van der Waals surface area contributed by atoms with Crippen molar-refractivity contribution in [3.8, 4) is 5.75 Å². The summed E-state index contributed by atoms with van der Waals surface area (Å²) in [6.45, 7) is 4.95. The summed E-state index contributed by atoms with van der Waals surface area (Å²) in [5.41, 5.74) is 4.86. The molecule has 1 aromatic carbocycles. The number of likely N-dealkylation sites (N-methyl/N-ethyl adjacent to an activating group) is 1. The third-order valence-corrected chi connectivity index (χ3v) is 4.44. The highest BCUT2D eigenvalue weighted by molar-refractivity contribution is 7.89. The van der Waals surface area contributed by atoms with Crippen LogP contribution in [0.4, 0.5) is 5.69 Å². The number of phenolic OH excluding ortho intramolecular Hbond substituents is 1. The van der Waals surface area contributed by atoms with E-state index in [1.54, 1.807) is 20.8 Å². The highest BCUT2D eigenvalue weighted by Gasteiger charge is 2.30. The predicted molar refractivity (Wildman–Crippen MR) is 91.2 cm³/mol. The molecule has 0 bridgehead atoms. The molecule has 0 heterocycles. The summed E-state index contributed by atoms with van der Waals surface area (Å²) in [6, 6.07) is 2.05. The van der Waals surface area contributed by atoms with Crippen molar-refractivity contribution in [2.24, 2.45) is 0 Å². The Balaban J connectivity index is 3.05.